The molecule has 1 saturated carbocycles. The van der Waals surface area contributed by atoms with Crippen LogP contribution in [0.4, 0.5) is 11.5 Å². The third kappa shape index (κ3) is 3.66. The summed E-state index contributed by atoms with van der Waals surface area (Å²) in [5.41, 5.74) is -0.239. The van der Waals surface area contributed by atoms with E-state index in [-0.39, 0.29) is 28.5 Å². The van der Waals surface area contributed by atoms with Gasteiger partial charge in [0, 0.05) is 12.0 Å². The van der Waals surface area contributed by atoms with Crippen LogP contribution in [-0.4, -0.2) is 15.8 Å². The number of pyridine rings is 1. The number of nitro groups is 1. The van der Waals surface area contributed by atoms with E-state index in [9.17, 15) is 14.9 Å². The summed E-state index contributed by atoms with van der Waals surface area (Å²) in [6.45, 7) is 0. The normalized spacial score (nSPS) is 16.4. The summed E-state index contributed by atoms with van der Waals surface area (Å²) in [5.74, 6) is -0.376. The van der Waals surface area contributed by atoms with Gasteiger partial charge in [-0.3, -0.25) is 14.9 Å². The van der Waals surface area contributed by atoms with E-state index < -0.39 is 4.92 Å². The van der Waals surface area contributed by atoms with Crippen molar-refractivity contribution in [1.82, 2.24) is 4.98 Å². The van der Waals surface area contributed by atoms with E-state index in [0.717, 1.165) is 38.5 Å². The van der Waals surface area contributed by atoms with Crippen molar-refractivity contribution >= 4 is 29.0 Å². The number of carbonyl (C=O) groups is 1. The minimum atomic E-state index is -0.577. The van der Waals surface area contributed by atoms with Gasteiger partial charge in [-0.2, -0.15) is 0 Å². The number of aromatic nitrogens is 1. The molecule has 0 saturated heterocycles. The second kappa shape index (κ2) is 6.65. The average Bonchev–Trinajstić information content (AvgIpc) is 2.67. The minimum Gasteiger partial charge on any atom is -0.305 e. The quantitative estimate of drug-likeness (QED) is 0.400. The summed E-state index contributed by atoms with van der Waals surface area (Å²) in [6, 6.07) is 2.58. The van der Waals surface area contributed by atoms with Gasteiger partial charge in [0.1, 0.15) is 5.15 Å². The highest BCUT2D eigenvalue weighted by Gasteiger charge is 2.24. The standard InChI is InChI=1S/C13H16ClN3O3/c14-11-8-7-10(17(19)20)12(15-11)16-13(18)9-5-3-1-2-4-6-9/h7-9H,1-6H2,(H,15,16,18). The van der Waals surface area contributed by atoms with E-state index in [4.69, 9.17) is 11.6 Å². The van der Waals surface area contributed by atoms with E-state index in [0.29, 0.717) is 0 Å². The molecule has 0 radical (unpaired) electrons. The number of rotatable bonds is 3. The largest absolute Gasteiger partial charge is 0.311 e. The third-order valence-corrected chi connectivity index (χ3v) is 3.71. The van der Waals surface area contributed by atoms with Gasteiger partial charge in [0.2, 0.25) is 11.7 Å². The van der Waals surface area contributed by atoms with Gasteiger partial charge < -0.3 is 5.32 Å². The maximum absolute atomic E-state index is 12.2. The first kappa shape index (κ1) is 14.7. The van der Waals surface area contributed by atoms with E-state index in [1.807, 2.05) is 0 Å². The third-order valence-electron chi connectivity index (χ3n) is 3.50. The monoisotopic (exact) mass is 297 g/mol. The highest BCUT2D eigenvalue weighted by atomic mass is 35.5. The molecule has 1 N–H and O–H groups in total. The summed E-state index contributed by atoms with van der Waals surface area (Å²) in [5, 5.41) is 13.6. The van der Waals surface area contributed by atoms with Gasteiger partial charge in [-0.1, -0.05) is 37.3 Å². The number of carbonyl (C=O) groups excluding carboxylic acids is 1. The van der Waals surface area contributed by atoms with Crippen LogP contribution in [0.1, 0.15) is 38.5 Å². The molecule has 7 heteroatoms. The second-order valence-corrected chi connectivity index (χ2v) is 5.32. The van der Waals surface area contributed by atoms with E-state index in [1.54, 1.807) is 0 Å². The van der Waals surface area contributed by atoms with Crippen LogP contribution < -0.4 is 5.32 Å². The maximum atomic E-state index is 12.2. The molecule has 1 aliphatic rings. The van der Waals surface area contributed by atoms with Crippen LogP contribution in [0.15, 0.2) is 12.1 Å². The first-order valence-electron chi connectivity index (χ1n) is 6.69. The van der Waals surface area contributed by atoms with E-state index >= 15 is 0 Å². The number of hydrogen-bond donors (Lipinski definition) is 1. The summed E-state index contributed by atoms with van der Waals surface area (Å²) in [7, 11) is 0. The molecule has 20 heavy (non-hydrogen) atoms. The van der Waals surface area contributed by atoms with Crippen LogP contribution in [0, 0.1) is 16.0 Å². The molecule has 0 aromatic carbocycles. The average molecular weight is 298 g/mol. The fourth-order valence-corrected chi connectivity index (χ4v) is 2.58. The van der Waals surface area contributed by atoms with Gasteiger partial charge in [-0.25, -0.2) is 4.98 Å². The Morgan fingerprint density at radius 1 is 1.30 bits per heavy atom. The van der Waals surface area contributed by atoms with Crippen molar-refractivity contribution < 1.29 is 9.72 Å². The lowest BCUT2D eigenvalue weighted by Crippen LogP contribution is -2.23. The molecule has 1 heterocycles. The molecule has 1 aromatic heterocycles. The summed E-state index contributed by atoms with van der Waals surface area (Å²) in [6.07, 6.45) is 5.95. The zero-order chi connectivity index (χ0) is 14.5. The number of amides is 1. The molecule has 0 unspecified atom stereocenters. The van der Waals surface area contributed by atoms with Crippen molar-refractivity contribution in [2.75, 3.05) is 5.32 Å². The molecule has 1 amide bonds. The van der Waals surface area contributed by atoms with Gasteiger partial charge in [-0.15, -0.1) is 0 Å². The summed E-state index contributed by atoms with van der Waals surface area (Å²) < 4.78 is 0. The van der Waals surface area contributed by atoms with Gasteiger partial charge in [0.15, 0.2) is 0 Å². The molecule has 0 aliphatic heterocycles. The Morgan fingerprint density at radius 3 is 2.55 bits per heavy atom. The van der Waals surface area contributed by atoms with Crippen molar-refractivity contribution in [3.8, 4) is 0 Å². The first-order chi connectivity index (χ1) is 9.58. The van der Waals surface area contributed by atoms with Crippen molar-refractivity contribution in [3.05, 3.63) is 27.4 Å². The van der Waals surface area contributed by atoms with Gasteiger partial charge >= 0.3 is 5.69 Å². The van der Waals surface area contributed by atoms with Crippen molar-refractivity contribution in [2.45, 2.75) is 38.5 Å². The van der Waals surface area contributed by atoms with E-state index in [1.165, 1.54) is 12.1 Å². The second-order valence-electron chi connectivity index (χ2n) is 4.94. The van der Waals surface area contributed by atoms with Gasteiger partial charge in [-0.05, 0) is 18.9 Å². The fraction of sp³-hybridized carbons (Fsp3) is 0.538. The molecule has 0 bridgehead atoms. The fourth-order valence-electron chi connectivity index (χ4n) is 2.43. The lowest BCUT2D eigenvalue weighted by Gasteiger charge is -2.13. The van der Waals surface area contributed by atoms with Crippen LogP contribution in [0.5, 0.6) is 0 Å². The van der Waals surface area contributed by atoms with Crippen molar-refractivity contribution in [1.29, 1.82) is 0 Å². The Labute approximate surface area is 121 Å². The van der Waals surface area contributed by atoms with Crippen molar-refractivity contribution in [3.63, 3.8) is 0 Å². The topological polar surface area (TPSA) is 85.1 Å². The number of nitrogens with one attached hydrogen (secondary N) is 1. The maximum Gasteiger partial charge on any atom is 0.311 e. The smallest absolute Gasteiger partial charge is 0.305 e. The van der Waals surface area contributed by atoms with Gasteiger partial charge in [0.25, 0.3) is 0 Å². The van der Waals surface area contributed by atoms with Crippen LogP contribution in [0.25, 0.3) is 0 Å². The first-order valence-corrected chi connectivity index (χ1v) is 7.07. The molecular weight excluding hydrogens is 282 g/mol. The number of anilines is 1. The molecule has 0 spiro atoms. The Hall–Kier alpha value is -1.69. The molecular formula is C13H16ClN3O3. The molecule has 6 nitrogen and oxygen atoms in total. The lowest BCUT2D eigenvalue weighted by atomic mass is 9.99. The lowest BCUT2D eigenvalue weighted by molar-refractivity contribution is -0.384. The Bertz CT molecular complexity index is 514. The highest BCUT2D eigenvalue weighted by molar-refractivity contribution is 6.29. The van der Waals surface area contributed by atoms with Crippen LogP contribution in [0.2, 0.25) is 5.15 Å². The van der Waals surface area contributed by atoms with Crippen molar-refractivity contribution in [2.24, 2.45) is 5.92 Å². The number of hydrogen-bond acceptors (Lipinski definition) is 4. The van der Waals surface area contributed by atoms with Gasteiger partial charge in [0.05, 0.1) is 4.92 Å². The van der Waals surface area contributed by atoms with Crippen LogP contribution >= 0.6 is 11.6 Å². The summed E-state index contributed by atoms with van der Waals surface area (Å²) >= 11 is 5.73. The molecule has 108 valence electrons. The predicted molar refractivity (Wildman–Crippen MR) is 75.7 cm³/mol. The number of nitrogens with zero attached hydrogens (tertiary/aromatic N) is 2. The zero-order valence-electron chi connectivity index (χ0n) is 11.0. The SMILES string of the molecule is O=C(Nc1nc(Cl)ccc1[N+](=O)[O-])C1CCCCCC1. The Balaban J connectivity index is 2.14. The predicted octanol–water partition coefficient (Wildman–Crippen LogP) is 3.55. The zero-order valence-corrected chi connectivity index (χ0v) is 11.7. The van der Waals surface area contributed by atoms with Crippen LogP contribution in [-0.2, 0) is 4.79 Å². The molecule has 1 fully saturated rings. The highest BCUT2D eigenvalue weighted by Crippen LogP contribution is 2.27. The molecule has 1 aliphatic carbocycles. The Morgan fingerprint density at radius 2 is 1.95 bits per heavy atom. The Kier molecular flexibility index (Phi) is 4.89. The van der Waals surface area contributed by atoms with E-state index in [2.05, 4.69) is 10.3 Å². The molecule has 0 atom stereocenters. The summed E-state index contributed by atoms with van der Waals surface area (Å²) in [4.78, 5) is 26.4. The molecule has 2 rings (SSSR count). The molecule has 1 aromatic rings. The number of halogens is 1. The minimum absolute atomic E-state index is 0.0725. The van der Waals surface area contributed by atoms with Crippen LogP contribution in [0.3, 0.4) is 0 Å².